The van der Waals surface area contributed by atoms with Crippen LogP contribution in [-0.2, 0) is 6.42 Å². The second kappa shape index (κ2) is 8.02. The molecule has 0 unspecified atom stereocenters. The molecular weight excluding hydrogens is 362 g/mol. The average molecular weight is 383 g/mol. The highest BCUT2D eigenvalue weighted by Crippen LogP contribution is 2.28. The first-order chi connectivity index (χ1) is 14.1. The van der Waals surface area contributed by atoms with Crippen LogP contribution >= 0.6 is 0 Å². The fraction of sp³-hybridized carbons (Fsp3) is 0.0833. The Kier molecular flexibility index (Phi) is 5.12. The van der Waals surface area contributed by atoms with Crippen LogP contribution in [0.2, 0.25) is 0 Å². The van der Waals surface area contributed by atoms with Gasteiger partial charge in [-0.3, -0.25) is 0 Å². The first kappa shape index (κ1) is 18.5. The number of phenolic OH excluding ortho intramolecular Hbond substituents is 1. The van der Waals surface area contributed by atoms with Gasteiger partial charge in [-0.25, -0.2) is 4.98 Å². The zero-order valence-electron chi connectivity index (χ0n) is 16.0. The molecule has 0 aliphatic rings. The molecule has 0 saturated carbocycles. The fourth-order valence-corrected chi connectivity index (χ4v) is 3.16. The molecule has 0 atom stereocenters. The smallest absolute Gasteiger partial charge is 0.219 e. The molecule has 0 spiro atoms. The van der Waals surface area contributed by atoms with E-state index in [1.165, 1.54) is 4.68 Å². The summed E-state index contributed by atoms with van der Waals surface area (Å²) in [4.78, 5) is 4.30. The number of phenols is 1. The zero-order valence-corrected chi connectivity index (χ0v) is 16.0. The lowest BCUT2D eigenvalue weighted by Crippen LogP contribution is -1.98. The van der Waals surface area contributed by atoms with Crippen molar-refractivity contribution in [1.82, 2.24) is 14.8 Å². The van der Waals surface area contributed by atoms with Crippen molar-refractivity contribution >= 4 is 12.2 Å². The molecule has 4 rings (SSSR count). The molecule has 0 radical (unpaired) electrons. The minimum atomic E-state index is 0.0779. The Bertz CT molecular complexity index is 1150. The second-order valence-corrected chi connectivity index (χ2v) is 6.83. The summed E-state index contributed by atoms with van der Waals surface area (Å²) in [5.41, 5.74) is 4.23. The second-order valence-electron chi connectivity index (χ2n) is 6.83. The molecule has 5 heteroatoms. The Morgan fingerprint density at radius 3 is 2.45 bits per heavy atom. The number of aryl methyl sites for hydroxylation is 1. The Morgan fingerprint density at radius 2 is 1.72 bits per heavy atom. The molecule has 5 nitrogen and oxygen atoms in total. The predicted molar refractivity (Wildman–Crippen MR) is 114 cm³/mol. The summed E-state index contributed by atoms with van der Waals surface area (Å²) in [6.07, 6.45) is 6.02. The maximum atomic E-state index is 10.9. The third-order valence-electron chi connectivity index (χ3n) is 4.73. The van der Waals surface area contributed by atoms with Gasteiger partial charge in [0.1, 0.15) is 5.75 Å². The van der Waals surface area contributed by atoms with Crippen LogP contribution in [0, 0.1) is 6.92 Å². The molecule has 0 aliphatic carbocycles. The number of aromatic hydroxyl groups is 2. The van der Waals surface area contributed by atoms with Crippen molar-refractivity contribution in [2.75, 3.05) is 0 Å². The number of hydrogen-bond donors (Lipinski definition) is 2. The highest BCUT2D eigenvalue weighted by atomic mass is 16.3. The van der Waals surface area contributed by atoms with Crippen LogP contribution in [0.1, 0.15) is 27.9 Å². The van der Waals surface area contributed by atoms with Crippen molar-refractivity contribution in [1.29, 1.82) is 0 Å². The number of aromatic nitrogens is 3. The maximum absolute atomic E-state index is 10.9. The van der Waals surface area contributed by atoms with Crippen LogP contribution in [0.5, 0.6) is 11.6 Å². The van der Waals surface area contributed by atoms with Crippen LogP contribution in [0.4, 0.5) is 0 Å². The summed E-state index contributed by atoms with van der Waals surface area (Å²) in [5, 5.41) is 25.2. The quantitative estimate of drug-likeness (QED) is 0.522. The van der Waals surface area contributed by atoms with Gasteiger partial charge in [0, 0.05) is 18.2 Å². The van der Waals surface area contributed by atoms with Crippen LogP contribution in [0.15, 0.2) is 72.9 Å². The van der Waals surface area contributed by atoms with Gasteiger partial charge in [0.05, 0.1) is 5.69 Å². The third-order valence-corrected chi connectivity index (χ3v) is 4.73. The lowest BCUT2D eigenvalue weighted by Gasteiger charge is -2.03. The minimum Gasteiger partial charge on any atom is -0.508 e. The molecule has 144 valence electrons. The van der Waals surface area contributed by atoms with Crippen molar-refractivity contribution in [3.05, 3.63) is 101 Å². The molecule has 0 aliphatic heterocycles. The molecule has 0 amide bonds. The van der Waals surface area contributed by atoms with E-state index in [1.807, 2.05) is 73.7 Å². The van der Waals surface area contributed by atoms with E-state index in [0.717, 1.165) is 22.3 Å². The summed E-state index contributed by atoms with van der Waals surface area (Å²) in [5.74, 6) is 0.900. The molecule has 4 aromatic rings. The zero-order chi connectivity index (χ0) is 20.2. The summed E-state index contributed by atoms with van der Waals surface area (Å²) in [6, 6.07) is 20.9. The molecule has 2 heterocycles. The summed E-state index contributed by atoms with van der Waals surface area (Å²) >= 11 is 0. The van der Waals surface area contributed by atoms with Gasteiger partial charge < -0.3 is 10.2 Å². The van der Waals surface area contributed by atoms with Gasteiger partial charge in [-0.1, -0.05) is 48.5 Å². The van der Waals surface area contributed by atoms with E-state index < -0.39 is 0 Å². The van der Waals surface area contributed by atoms with E-state index in [1.54, 1.807) is 18.3 Å². The molecule has 0 bridgehead atoms. The topological polar surface area (TPSA) is 71.2 Å². The number of rotatable bonds is 5. The van der Waals surface area contributed by atoms with Crippen LogP contribution < -0.4 is 0 Å². The first-order valence-electron chi connectivity index (χ1n) is 9.36. The van der Waals surface area contributed by atoms with E-state index in [2.05, 4.69) is 10.1 Å². The van der Waals surface area contributed by atoms with Crippen LogP contribution in [0.25, 0.3) is 18.0 Å². The molecule has 0 saturated heterocycles. The van der Waals surface area contributed by atoms with Gasteiger partial charge >= 0.3 is 0 Å². The Morgan fingerprint density at radius 1 is 0.931 bits per heavy atom. The van der Waals surface area contributed by atoms with E-state index in [-0.39, 0.29) is 11.6 Å². The fourth-order valence-electron chi connectivity index (χ4n) is 3.16. The standard InChI is InChI=1S/C24H21N3O2/c1-17-15-19(11-13-22(17)28)10-12-21-20(16-18-7-3-2-4-8-18)24(29)27(26-21)23-9-5-6-14-25-23/h2-15,28-29H,16H2,1H3/b12-10+. The number of pyridine rings is 1. The van der Waals surface area contributed by atoms with Gasteiger partial charge in [0.2, 0.25) is 5.88 Å². The van der Waals surface area contributed by atoms with E-state index in [9.17, 15) is 10.2 Å². The largest absolute Gasteiger partial charge is 0.508 e. The van der Waals surface area contributed by atoms with Crippen LogP contribution in [0.3, 0.4) is 0 Å². The van der Waals surface area contributed by atoms with Crippen molar-refractivity contribution < 1.29 is 10.2 Å². The third kappa shape index (κ3) is 4.04. The SMILES string of the molecule is Cc1cc(/C=C/c2nn(-c3ccccn3)c(O)c2Cc2ccccc2)ccc1O. The lowest BCUT2D eigenvalue weighted by molar-refractivity contribution is 0.427. The van der Waals surface area contributed by atoms with Gasteiger partial charge in [0.25, 0.3) is 0 Å². The van der Waals surface area contributed by atoms with Gasteiger partial charge in [-0.05, 0) is 54.0 Å². The highest BCUT2D eigenvalue weighted by Gasteiger charge is 2.17. The Labute approximate surface area is 169 Å². The number of hydrogen-bond acceptors (Lipinski definition) is 4. The molecule has 2 N–H and O–H groups in total. The monoisotopic (exact) mass is 383 g/mol. The molecule has 2 aromatic carbocycles. The number of nitrogens with zero attached hydrogens (tertiary/aromatic N) is 3. The maximum Gasteiger partial charge on any atom is 0.219 e. The minimum absolute atomic E-state index is 0.0779. The Hall–Kier alpha value is -3.86. The molecule has 0 fully saturated rings. The van der Waals surface area contributed by atoms with Gasteiger partial charge in [0.15, 0.2) is 5.82 Å². The van der Waals surface area contributed by atoms with Gasteiger partial charge in [-0.2, -0.15) is 9.78 Å². The Balaban J connectivity index is 1.76. The summed E-state index contributed by atoms with van der Waals surface area (Å²) in [7, 11) is 0. The molecular formula is C24H21N3O2. The molecule has 2 aromatic heterocycles. The van der Waals surface area contributed by atoms with E-state index >= 15 is 0 Å². The van der Waals surface area contributed by atoms with Crippen molar-refractivity contribution in [2.45, 2.75) is 13.3 Å². The average Bonchev–Trinajstić information content (AvgIpc) is 3.06. The molecule has 29 heavy (non-hydrogen) atoms. The van der Waals surface area contributed by atoms with E-state index in [4.69, 9.17) is 0 Å². The highest BCUT2D eigenvalue weighted by molar-refractivity contribution is 5.71. The normalized spacial score (nSPS) is 11.2. The van der Waals surface area contributed by atoms with Gasteiger partial charge in [-0.15, -0.1) is 0 Å². The summed E-state index contributed by atoms with van der Waals surface area (Å²) < 4.78 is 1.46. The van der Waals surface area contributed by atoms with Crippen molar-refractivity contribution in [3.63, 3.8) is 0 Å². The van der Waals surface area contributed by atoms with Crippen molar-refractivity contribution in [2.24, 2.45) is 0 Å². The van der Waals surface area contributed by atoms with E-state index in [0.29, 0.717) is 17.9 Å². The predicted octanol–water partition coefficient (Wildman–Crippen LogP) is 4.75. The van der Waals surface area contributed by atoms with Crippen LogP contribution in [-0.4, -0.2) is 25.0 Å². The lowest BCUT2D eigenvalue weighted by atomic mass is 10.0. The summed E-state index contributed by atoms with van der Waals surface area (Å²) in [6.45, 7) is 1.86. The number of benzene rings is 2. The first-order valence-corrected chi connectivity index (χ1v) is 9.36. The van der Waals surface area contributed by atoms with Crippen molar-refractivity contribution in [3.8, 4) is 17.4 Å².